The van der Waals surface area contributed by atoms with E-state index in [1.54, 1.807) is 25.3 Å². The molecule has 6 heteroatoms. The van der Waals surface area contributed by atoms with Gasteiger partial charge in [-0.1, -0.05) is 24.3 Å². The summed E-state index contributed by atoms with van der Waals surface area (Å²) in [6, 6.07) is 14.5. The Morgan fingerprint density at radius 1 is 1.13 bits per heavy atom. The molecule has 2 rings (SSSR count). The summed E-state index contributed by atoms with van der Waals surface area (Å²) in [7, 11) is 2.83. The minimum absolute atomic E-state index is 0.543. The van der Waals surface area contributed by atoms with Gasteiger partial charge in [0.2, 0.25) is 0 Å². The van der Waals surface area contributed by atoms with Gasteiger partial charge in [0.25, 0.3) is 0 Å². The predicted molar refractivity (Wildman–Crippen MR) is 90.5 cm³/mol. The number of rotatable bonds is 6. The molecule has 5 nitrogen and oxygen atoms in total. The molecule has 0 aliphatic heterocycles. The standard InChI is InChI=1S/C17H19NO4S/c1-21-12-9-7-11(8-10-12)16(15(19)17(20)22-2)23-14-6-4-3-5-13(14)18/h3-10,15-16,19H,18H2,1-2H3/t15-,16+/m1/s1. The Balaban J connectivity index is 2.34. The Morgan fingerprint density at radius 2 is 1.78 bits per heavy atom. The fourth-order valence-corrected chi connectivity index (χ4v) is 3.25. The molecule has 2 aromatic rings. The summed E-state index contributed by atoms with van der Waals surface area (Å²) in [4.78, 5) is 12.6. The van der Waals surface area contributed by atoms with Crippen LogP contribution in [0.25, 0.3) is 0 Å². The van der Waals surface area contributed by atoms with Gasteiger partial charge in [-0.05, 0) is 29.8 Å². The summed E-state index contributed by atoms with van der Waals surface area (Å²) < 4.78 is 9.80. The first-order valence-electron chi connectivity index (χ1n) is 6.97. The molecule has 0 aromatic heterocycles. The third-order valence-electron chi connectivity index (χ3n) is 3.35. The number of hydrogen-bond acceptors (Lipinski definition) is 6. The lowest BCUT2D eigenvalue weighted by molar-refractivity contribution is -0.150. The van der Waals surface area contributed by atoms with Crippen molar-refractivity contribution >= 4 is 23.4 Å². The minimum atomic E-state index is -1.31. The van der Waals surface area contributed by atoms with Gasteiger partial charge in [0, 0.05) is 10.6 Å². The van der Waals surface area contributed by atoms with Gasteiger partial charge in [-0.25, -0.2) is 4.79 Å². The number of nitrogen functional groups attached to an aromatic ring is 1. The summed E-state index contributed by atoms with van der Waals surface area (Å²) in [5, 5.41) is 9.80. The van der Waals surface area contributed by atoms with Crippen molar-refractivity contribution in [2.45, 2.75) is 16.2 Å². The second-order valence-electron chi connectivity index (χ2n) is 4.82. The fourth-order valence-electron chi connectivity index (χ4n) is 2.08. The lowest BCUT2D eigenvalue weighted by atomic mass is 10.1. The summed E-state index contributed by atoms with van der Waals surface area (Å²) in [5.41, 5.74) is 7.33. The van der Waals surface area contributed by atoms with E-state index in [0.717, 1.165) is 10.5 Å². The minimum Gasteiger partial charge on any atom is -0.497 e. The van der Waals surface area contributed by atoms with Gasteiger partial charge in [0.1, 0.15) is 5.75 Å². The van der Waals surface area contributed by atoms with Gasteiger partial charge in [0.15, 0.2) is 6.10 Å². The molecule has 0 saturated carbocycles. The van der Waals surface area contributed by atoms with Crippen molar-refractivity contribution in [3.05, 3.63) is 54.1 Å². The maximum atomic E-state index is 11.8. The number of hydrogen-bond donors (Lipinski definition) is 2. The first-order valence-corrected chi connectivity index (χ1v) is 7.85. The van der Waals surface area contributed by atoms with Gasteiger partial charge in [-0.3, -0.25) is 0 Å². The van der Waals surface area contributed by atoms with Crippen molar-refractivity contribution < 1.29 is 19.4 Å². The van der Waals surface area contributed by atoms with Gasteiger partial charge >= 0.3 is 5.97 Å². The van der Waals surface area contributed by atoms with Gasteiger partial charge in [0.05, 0.1) is 19.5 Å². The molecule has 0 heterocycles. The predicted octanol–water partition coefficient (Wildman–Crippen LogP) is 2.64. The highest BCUT2D eigenvalue weighted by molar-refractivity contribution is 7.99. The smallest absolute Gasteiger partial charge is 0.336 e. The van der Waals surface area contributed by atoms with E-state index in [1.807, 2.05) is 30.3 Å². The van der Waals surface area contributed by atoms with Gasteiger partial charge in [-0.2, -0.15) is 0 Å². The van der Waals surface area contributed by atoms with Gasteiger partial charge in [-0.15, -0.1) is 11.8 Å². The Labute approximate surface area is 139 Å². The molecule has 2 atom stereocenters. The van der Waals surface area contributed by atoms with E-state index in [-0.39, 0.29) is 0 Å². The Morgan fingerprint density at radius 3 is 2.35 bits per heavy atom. The molecule has 0 aliphatic rings. The van der Waals surface area contributed by atoms with Crippen molar-refractivity contribution in [3.63, 3.8) is 0 Å². The van der Waals surface area contributed by atoms with E-state index >= 15 is 0 Å². The van der Waals surface area contributed by atoms with Crippen LogP contribution in [-0.2, 0) is 9.53 Å². The number of aliphatic hydroxyl groups is 1. The van der Waals surface area contributed by atoms with Gasteiger partial charge < -0.3 is 20.3 Å². The second kappa shape index (κ2) is 7.89. The van der Waals surface area contributed by atoms with Crippen LogP contribution in [0.5, 0.6) is 5.75 Å². The van der Waals surface area contributed by atoms with E-state index in [2.05, 4.69) is 4.74 Å². The lowest BCUT2D eigenvalue weighted by Crippen LogP contribution is -2.27. The molecule has 0 amide bonds. The average Bonchev–Trinajstić information content (AvgIpc) is 2.60. The van der Waals surface area contributed by atoms with E-state index < -0.39 is 17.3 Å². The first-order chi connectivity index (χ1) is 11.1. The number of carbonyl (C=O) groups is 1. The summed E-state index contributed by atoms with van der Waals surface area (Å²) in [6.07, 6.45) is -1.31. The third kappa shape index (κ3) is 4.18. The molecule has 0 unspecified atom stereocenters. The highest BCUT2D eigenvalue weighted by atomic mass is 32.2. The lowest BCUT2D eigenvalue weighted by Gasteiger charge is -2.22. The van der Waals surface area contributed by atoms with Crippen LogP contribution in [0.15, 0.2) is 53.4 Å². The van der Waals surface area contributed by atoms with Crippen LogP contribution in [0.3, 0.4) is 0 Å². The van der Waals surface area contributed by atoms with Crippen LogP contribution in [0.2, 0.25) is 0 Å². The molecule has 0 aliphatic carbocycles. The number of nitrogens with two attached hydrogens (primary N) is 1. The van der Waals surface area contributed by atoms with Crippen molar-refractivity contribution in [2.24, 2.45) is 0 Å². The van der Waals surface area contributed by atoms with Crippen molar-refractivity contribution in [2.75, 3.05) is 20.0 Å². The quantitative estimate of drug-likeness (QED) is 0.480. The maximum Gasteiger partial charge on any atom is 0.336 e. The van der Waals surface area contributed by atoms with Crippen molar-refractivity contribution in [1.29, 1.82) is 0 Å². The molecule has 0 saturated heterocycles. The molecular formula is C17H19NO4S. The highest BCUT2D eigenvalue weighted by Crippen LogP contribution is 2.40. The number of para-hydroxylation sites is 1. The number of carbonyl (C=O) groups excluding carboxylic acids is 1. The molecule has 23 heavy (non-hydrogen) atoms. The third-order valence-corrected chi connectivity index (χ3v) is 4.76. The molecular weight excluding hydrogens is 314 g/mol. The number of benzene rings is 2. The van der Waals surface area contributed by atoms with Crippen molar-refractivity contribution in [1.82, 2.24) is 0 Å². The monoisotopic (exact) mass is 333 g/mol. The molecule has 122 valence electrons. The van der Waals surface area contributed by atoms with Crippen LogP contribution in [-0.4, -0.2) is 31.4 Å². The van der Waals surface area contributed by atoms with Crippen LogP contribution in [0.1, 0.15) is 10.8 Å². The fraction of sp³-hybridized carbons (Fsp3) is 0.235. The number of methoxy groups -OCH3 is 2. The largest absolute Gasteiger partial charge is 0.497 e. The number of aliphatic hydroxyl groups excluding tert-OH is 1. The van der Waals surface area contributed by atoms with E-state index in [1.165, 1.54) is 18.9 Å². The van der Waals surface area contributed by atoms with Crippen molar-refractivity contribution in [3.8, 4) is 5.75 Å². The summed E-state index contributed by atoms with van der Waals surface area (Å²) in [6.45, 7) is 0. The van der Waals surface area contributed by atoms with Crippen LogP contribution in [0, 0.1) is 0 Å². The second-order valence-corrected chi connectivity index (χ2v) is 6.00. The van der Waals surface area contributed by atoms with E-state index in [0.29, 0.717) is 11.4 Å². The normalized spacial score (nSPS) is 13.2. The molecule has 0 radical (unpaired) electrons. The zero-order valence-electron chi connectivity index (χ0n) is 12.9. The molecule has 0 fully saturated rings. The number of anilines is 1. The molecule has 0 bridgehead atoms. The first kappa shape index (κ1) is 17.2. The topological polar surface area (TPSA) is 81.8 Å². The zero-order valence-corrected chi connectivity index (χ0v) is 13.7. The Kier molecular flexibility index (Phi) is 5.90. The summed E-state index contributed by atoms with van der Waals surface area (Å²) >= 11 is 1.32. The summed E-state index contributed by atoms with van der Waals surface area (Å²) in [5.74, 6) is 0.0112. The average molecular weight is 333 g/mol. The SMILES string of the molecule is COC(=O)[C@H](O)[C@@H](Sc1ccccc1N)c1ccc(OC)cc1. The zero-order chi connectivity index (χ0) is 16.8. The van der Waals surface area contributed by atoms with E-state index in [4.69, 9.17) is 10.5 Å². The van der Waals surface area contributed by atoms with Crippen LogP contribution < -0.4 is 10.5 Å². The van der Waals surface area contributed by atoms with Crippen LogP contribution >= 0.6 is 11.8 Å². The number of esters is 1. The Bertz CT molecular complexity index is 660. The number of ether oxygens (including phenoxy) is 2. The molecule has 3 N–H and O–H groups in total. The maximum absolute atomic E-state index is 11.8. The molecule has 0 spiro atoms. The molecule has 2 aromatic carbocycles. The number of thioether (sulfide) groups is 1. The highest BCUT2D eigenvalue weighted by Gasteiger charge is 2.30. The Hall–Kier alpha value is -2.18. The van der Waals surface area contributed by atoms with Crippen LogP contribution in [0.4, 0.5) is 5.69 Å². The van der Waals surface area contributed by atoms with E-state index in [9.17, 15) is 9.90 Å².